The molecule has 0 radical (unpaired) electrons. The second-order valence-electron chi connectivity index (χ2n) is 7.67. The van der Waals surface area contributed by atoms with Crippen LogP contribution >= 0.6 is 0 Å². The zero-order valence-corrected chi connectivity index (χ0v) is 16.9. The Morgan fingerprint density at radius 1 is 1.13 bits per heavy atom. The molecule has 0 aliphatic carbocycles. The van der Waals surface area contributed by atoms with Crippen LogP contribution < -0.4 is 16.4 Å². The molecule has 0 bridgehead atoms. The Balaban J connectivity index is 1.99. The van der Waals surface area contributed by atoms with Gasteiger partial charge in [-0.2, -0.15) is 0 Å². The third-order valence-corrected chi connectivity index (χ3v) is 4.92. The lowest BCUT2D eigenvalue weighted by atomic mass is 10.1. The van der Waals surface area contributed by atoms with Crippen LogP contribution in [0.3, 0.4) is 0 Å². The molecule has 1 aromatic carbocycles. The number of pyridine rings is 2. The number of aromatic nitrogens is 3. The average molecular weight is 401 g/mol. The lowest BCUT2D eigenvalue weighted by Gasteiger charge is -2.15. The Morgan fingerprint density at radius 3 is 2.60 bits per heavy atom. The summed E-state index contributed by atoms with van der Waals surface area (Å²) >= 11 is 0. The van der Waals surface area contributed by atoms with Crippen molar-refractivity contribution < 1.29 is 4.79 Å². The van der Waals surface area contributed by atoms with E-state index in [1.807, 2.05) is 50.2 Å². The summed E-state index contributed by atoms with van der Waals surface area (Å²) in [4.78, 5) is 30.6. The lowest BCUT2D eigenvalue weighted by molar-refractivity contribution is 0.0946. The van der Waals surface area contributed by atoms with Gasteiger partial charge in [-0.3, -0.25) is 19.4 Å². The molecule has 0 saturated carbocycles. The van der Waals surface area contributed by atoms with Gasteiger partial charge in [-0.1, -0.05) is 50.2 Å². The Morgan fingerprint density at radius 2 is 1.87 bits per heavy atom. The molecule has 0 atom stereocenters. The minimum Gasteiger partial charge on any atom is -0.352 e. The summed E-state index contributed by atoms with van der Waals surface area (Å²) in [5, 5.41) is 11.9. The minimum atomic E-state index is -0.366. The molecule has 7 nitrogen and oxygen atoms in total. The van der Waals surface area contributed by atoms with Crippen molar-refractivity contribution in [1.82, 2.24) is 19.3 Å². The van der Waals surface area contributed by atoms with E-state index in [-0.39, 0.29) is 28.4 Å². The van der Waals surface area contributed by atoms with E-state index in [0.29, 0.717) is 29.8 Å². The highest BCUT2D eigenvalue weighted by Crippen LogP contribution is 2.12. The van der Waals surface area contributed by atoms with Gasteiger partial charge in [0, 0.05) is 12.7 Å². The highest BCUT2D eigenvalue weighted by atomic mass is 16.1. The number of hydrogen-bond donors (Lipinski definition) is 2. The normalized spacial score (nSPS) is 11.3. The summed E-state index contributed by atoms with van der Waals surface area (Å²) in [7, 11) is 0. The minimum absolute atomic E-state index is 0.0276. The van der Waals surface area contributed by atoms with Crippen LogP contribution in [0.1, 0.15) is 29.8 Å². The summed E-state index contributed by atoms with van der Waals surface area (Å²) in [6, 6.07) is 16.4. The van der Waals surface area contributed by atoms with E-state index in [4.69, 9.17) is 5.41 Å². The van der Waals surface area contributed by atoms with Crippen LogP contribution in [0.2, 0.25) is 0 Å². The highest BCUT2D eigenvalue weighted by Gasteiger charge is 2.17. The third-order valence-electron chi connectivity index (χ3n) is 4.92. The van der Waals surface area contributed by atoms with Crippen LogP contribution in [0.15, 0.2) is 65.6 Å². The van der Waals surface area contributed by atoms with Crippen LogP contribution in [-0.4, -0.2) is 26.4 Å². The molecule has 3 heterocycles. The van der Waals surface area contributed by atoms with Crippen molar-refractivity contribution in [1.29, 1.82) is 5.41 Å². The van der Waals surface area contributed by atoms with Gasteiger partial charge < -0.3 is 9.88 Å². The van der Waals surface area contributed by atoms with Crippen LogP contribution in [0.25, 0.3) is 16.7 Å². The van der Waals surface area contributed by atoms with Gasteiger partial charge in [0.2, 0.25) is 0 Å². The summed E-state index contributed by atoms with van der Waals surface area (Å²) in [5.74, 6) is -0.0914. The van der Waals surface area contributed by atoms with Crippen molar-refractivity contribution in [2.24, 2.45) is 5.92 Å². The molecule has 0 spiro atoms. The van der Waals surface area contributed by atoms with Crippen LogP contribution in [0.4, 0.5) is 0 Å². The van der Waals surface area contributed by atoms with Gasteiger partial charge in [0.15, 0.2) is 0 Å². The third kappa shape index (κ3) is 3.61. The first kappa shape index (κ1) is 19.6. The number of benzene rings is 1. The van der Waals surface area contributed by atoms with Crippen molar-refractivity contribution in [3.63, 3.8) is 0 Å². The Labute approximate surface area is 173 Å². The number of nitrogens with one attached hydrogen (secondary N) is 2. The second kappa shape index (κ2) is 7.94. The zero-order valence-electron chi connectivity index (χ0n) is 16.9. The van der Waals surface area contributed by atoms with Gasteiger partial charge in [0.25, 0.3) is 11.5 Å². The molecule has 30 heavy (non-hydrogen) atoms. The van der Waals surface area contributed by atoms with Crippen molar-refractivity contribution in [2.75, 3.05) is 6.54 Å². The number of nitrogens with zero attached hydrogens (tertiary/aromatic N) is 3. The van der Waals surface area contributed by atoms with Gasteiger partial charge in [-0.05, 0) is 29.7 Å². The Hall–Kier alpha value is -3.74. The molecular formula is C23H23N5O2. The summed E-state index contributed by atoms with van der Waals surface area (Å²) in [5.41, 5.74) is 1.75. The topological polar surface area (TPSA) is 92.2 Å². The zero-order chi connectivity index (χ0) is 21.3. The van der Waals surface area contributed by atoms with Gasteiger partial charge in [-0.25, -0.2) is 4.98 Å². The van der Waals surface area contributed by atoms with E-state index < -0.39 is 0 Å². The first-order valence-electron chi connectivity index (χ1n) is 9.87. The molecular weight excluding hydrogens is 378 g/mol. The fraction of sp³-hybridized carbons (Fsp3) is 0.217. The lowest BCUT2D eigenvalue weighted by Crippen LogP contribution is -2.36. The number of hydrogen-bond acceptors (Lipinski definition) is 4. The van der Waals surface area contributed by atoms with E-state index in [9.17, 15) is 9.59 Å². The van der Waals surface area contributed by atoms with Crippen molar-refractivity contribution in [3.05, 3.63) is 87.8 Å². The maximum Gasteiger partial charge on any atom is 0.267 e. The predicted octanol–water partition coefficient (Wildman–Crippen LogP) is 2.56. The monoisotopic (exact) mass is 401 g/mol. The number of carbonyl (C=O) groups is 1. The first-order valence-corrected chi connectivity index (χ1v) is 9.87. The number of carbonyl (C=O) groups excluding carboxylic acids is 1. The van der Waals surface area contributed by atoms with Crippen LogP contribution in [0.5, 0.6) is 0 Å². The Bertz CT molecular complexity index is 1350. The molecule has 3 aromatic heterocycles. The summed E-state index contributed by atoms with van der Waals surface area (Å²) in [6.45, 7) is 4.82. The molecule has 1 amide bonds. The van der Waals surface area contributed by atoms with Gasteiger partial charge in [0.1, 0.15) is 16.8 Å². The van der Waals surface area contributed by atoms with Crippen molar-refractivity contribution >= 4 is 22.6 Å². The number of amides is 1. The maximum absolute atomic E-state index is 13.2. The van der Waals surface area contributed by atoms with E-state index in [1.54, 1.807) is 22.9 Å². The molecule has 0 fully saturated rings. The standard InChI is InChI=1S/C23H23N5O2/c1-15(2)13-25-22(29)17-12-18-21(26-19-10-6-7-11-27(19)23(18)30)28(20(17)24)14-16-8-4-3-5-9-16/h3-12,15,24H,13-14H2,1-2H3,(H,25,29). The van der Waals surface area contributed by atoms with Crippen molar-refractivity contribution in [2.45, 2.75) is 20.4 Å². The summed E-state index contributed by atoms with van der Waals surface area (Å²) in [6.07, 6.45) is 1.65. The number of rotatable bonds is 5. The van der Waals surface area contributed by atoms with Crippen molar-refractivity contribution in [3.8, 4) is 0 Å². The summed E-state index contributed by atoms with van der Waals surface area (Å²) < 4.78 is 3.08. The SMILES string of the molecule is CC(C)CNC(=O)c1cc2c(=O)n3ccccc3nc2n(Cc2ccccc2)c1=N. The fourth-order valence-corrected chi connectivity index (χ4v) is 3.37. The van der Waals surface area contributed by atoms with Crippen LogP contribution in [0, 0.1) is 11.3 Å². The van der Waals surface area contributed by atoms with Gasteiger partial charge in [0.05, 0.1) is 17.5 Å². The average Bonchev–Trinajstić information content (AvgIpc) is 2.75. The molecule has 0 aliphatic heterocycles. The molecule has 0 saturated heterocycles. The molecule has 0 aliphatic rings. The van der Waals surface area contributed by atoms with E-state index >= 15 is 0 Å². The molecule has 4 aromatic rings. The molecule has 2 N–H and O–H groups in total. The quantitative estimate of drug-likeness (QED) is 0.504. The number of fused-ring (bicyclic) bond motifs is 2. The molecule has 0 unspecified atom stereocenters. The molecule has 4 rings (SSSR count). The highest BCUT2D eigenvalue weighted by molar-refractivity contribution is 5.96. The van der Waals surface area contributed by atoms with E-state index in [2.05, 4.69) is 10.3 Å². The Kier molecular flexibility index (Phi) is 5.18. The predicted molar refractivity (Wildman–Crippen MR) is 116 cm³/mol. The van der Waals surface area contributed by atoms with Crippen LogP contribution in [-0.2, 0) is 6.54 Å². The molecule has 7 heteroatoms. The van der Waals surface area contributed by atoms with Gasteiger partial charge in [-0.15, -0.1) is 0 Å². The molecule has 152 valence electrons. The first-order chi connectivity index (χ1) is 14.5. The van der Waals surface area contributed by atoms with E-state index in [1.165, 1.54) is 10.5 Å². The smallest absolute Gasteiger partial charge is 0.267 e. The second-order valence-corrected chi connectivity index (χ2v) is 7.67. The maximum atomic E-state index is 13.2. The van der Waals surface area contributed by atoms with Gasteiger partial charge >= 0.3 is 0 Å². The van der Waals surface area contributed by atoms with E-state index in [0.717, 1.165) is 5.56 Å². The largest absolute Gasteiger partial charge is 0.352 e. The fourth-order valence-electron chi connectivity index (χ4n) is 3.37.